The van der Waals surface area contributed by atoms with Gasteiger partial charge in [0.05, 0.1) is 5.75 Å². The summed E-state index contributed by atoms with van der Waals surface area (Å²) < 4.78 is 27.2. The lowest BCUT2D eigenvalue weighted by molar-refractivity contribution is 0.133. The van der Waals surface area contributed by atoms with E-state index in [2.05, 4.69) is 11.6 Å². The molecule has 0 bridgehead atoms. The van der Waals surface area contributed by atoms with Gasteiger partial charge in [-0.05, 0) is 36.3 Å². The lowest BCUT2D eigenvalue weighted by Crippen LogP contribution is -2.42. The molecule has 6 heteroatoms. The Morgan fingerprint density at radius 2 is 2.14 bits per heavy atom. The maximum Gasteiger partial charge on any atom is 0.215 e. The van der Waals surface area contributed by atoms with Gasteiger partial charge in [0.15, 0.2) is 0 Å². The Bertz CT molecular complexity index is 617. The van der Waals surface area contributed by atoms with Crippen LogP contribution in [0.25, 0.3) is 0 Å². The Hall–Kier alpha value is -0.980. The fourth-order valence-corrected chi connectivity index (χ4v) is 4.05. The Balaban J connectivity index is 2.00. The molecule has 1 aliphatic carbocycles. The average molecular weight is 326 g/mol. The molecule has 2 rings (SSSR count). The maximum absolute atomic E-state index is 12.2. The summed E-state index contributed by atoms with van der Waals surface area (Å²) in [4.78, 5) is 0.279. The van der Waals surface area contributed by atoms with E-state index in [4.69, 9.17) is 18.0 Å². The van der Waals surface area contributed by atoms with Gasteiger partial charge in [-0.15, -0.1) is 0 Å². The highest BCUT2D eigenvalue weighted by atomic mass is 32.2. The summed E-state index contributed by atoms with van der Waals surface area (Å²) in [5, 5.41) is 0. The van der Waals surface area contributed by atoms with Crippen molar-refractivity contribution in [1.29, 1.82) is 0 Å². The van der Waals surface area contributed by atoms with Crippen molar-refractivity contribution in [1.82, 2.24) is 4.72 Å². The van der Waals surface area contributed by atoms with E-state index in [-0.39, 0.29) is 16.2 Å². The molecule has 0 spiro atoms. The molecule has 0 radical (unpaired) electrons. The largest absolute Gasteiger partial charge is 0.389 e. The SMILES string of the molecule is CCC1(CNS(=O)(=O)Cc2cccc(C(N)=S)c2)CCC1. The van der Waals surface area contributed by atoms with Crippen LogP contribution in [0, 0.1) is 5.41 Å². The molecule has 0 unspecified atom stereocenters. The molecule has 21 heavy (non-hydrogen) atoms. The summed E-state index contributed by atoms with van der Waals surface area (Å²) in [5.74, 6) is -0.0384. The van der Waals surface area contributed by atoms with Crippen LogP contribution < -0.4 is 10.5 Å². The first-order valence-corrected chi connectivity index (χ1v) is 9.28. The van der Waals surface area contributed by atoms with Gasteiger partial charge < -0.3 is 5.73 Å². The predicted octanol–water partition coefficient (Wildman–Crippen LogP) is 2.32. The minimum absolute atomic E-state index is 0.0384. The van der Waals surface area contributed by atoms with Crippen molar-refractivity contribution in [2.45, 2.75) is 38.4 Å². The van der Waals surface area contributed by atoms with Crippen LogP contribution in [0.2, 0.25) is 0 Å². The third kappa shape index (κ3) is 4.25. The van der Waals surface area contributed by atoms with Gasteiger partial charge in [0.25, 0.3) is 0 Å². The Kier molecular flexibility index (Phi) is 5.01. The van der Waals surface area contributed by atoms with E-state index in [1.54, 1.807) is 24.3 Å². The standard InChI is InChI=1S/C15H22N2O2S2/c1-2-15(7-4-8-15)11-17-21(18,19)10-12-5-3-6-13(9-12)14(16)20/h3,5-6,9,17H,2,4,7-8,10-11H2,1H3,(H2,16,20). The smallest absolute Gasteiger partial charge is 0.215 e. The molecule has 0 saturated heterocycles. The van der Waals surface area contributed by atoms with Crippen molar-refractivity contribution in [3.63, 3.8) is 0 Å². The second kappa shape index (κ2) is 6.42. The van der Waals surface area contributed by atoms with Crippen LogP contribution in [-0.4, -0.2) is 20.0 Å². The van der Waals surface area contributed by atoms with E-state index in [0.717, 1.165) is 19.3 Å². The number of nitrogens with one attached hydrogen (secondary N) is 1. The Morgan fingerprint density at radius 3 is 2.67 bits per heavy atom. The van der Waals surface area contributed by atoms with Crippen molar-refractivity contribution >= 4 is 27.2 Å². The molecule has 1 aromatic carbocycles. The molecule has 1 aromatic rings. The van der Waals surface area contributed by atoms with Crippen molar-refractivity contribution < 1.29 is 8.42 Å². The van der Waals surface area contributed by atoms with Crippen LogP contribution in [0.15, 0.2) is 24.3 Å². The van der Waals surface area contributed by atoms with Crippen molar-refractivity contribution in [2.24, 2.45) is 11.1 Å². The first-order valence-electron chi connectivity index (χ1n) is 7.22. The van der Waals surface area contributed by atoms with Crippen LogP contribution in [-0.2, 0) is 15.8 Å². The minimum Gasteiger partial charge on any atom is -0.389 e. The van der Waals surface area contributed by atoms with Gasteiger partial charge in [0.1, 0.15) is 4.99 Å². The van der Waals surface area contributed by atoms with Gasteiger partial charge in [-0.1, -0.05) is 43.8 Å². The van der Waals surface area contributed by atoms with E-state index in [9.17, 15) is 8.42 Å². The van der Waals surface area contributed by atoms with Crippen molar-refractivity contribution in [2.75, 3.05) is 6.54 Å². The molecule has 3 N–H and O–H groups in total. The van der Waals surface area contributed by atoms with Crippen LogP contribution in [0.5, 0.6) is 0 Å². The monoisotopic (exact) mass is 326 g/mol. The van der Waals surface area contributed by atoms with Crippen LogP contribution in [0.4, 0.5) is 0 Å². The highest BCUT2D eigenvalue weighted by molar-refractivity contribution is 7.88. The molecular formula is C15H22N2O2S2. The number of sulfonamides is 1. The van der Waals surface area contributed by atoms with Crippen LogP contribution >= 0.6 is 12.2 Å². The lowest BCUT2D eigenvalue weighted by atomic mass is 9.67. The van der Waals surface area contributed by atoms with E-state index < -0.39 is 10.0 Å². The molecule has 0 atom stereocenters. The first-order chi connectivity index (χ1) is 9.86. The van der Waals surface area contributed by atoms with E-state index in [1.165, 1.54) is 6.42 Å². The molecule has 0 amide bonds. The number of nitrogens with two attached hydrogens (primary N) is 1. The summed E-state index contributed by atoms with van der Waals surface area (Å²) >= 11 is 4.91. The zero-order valence-corrected chi connectivity index (χ0v) is 13.9. The van der Waals surface area contributed by atoms with Crippen LogP contribution in [0.3, 0.4) is 0 Å². The van der Waals surface area contributed by atoms with E-state index in [0.29, 0.717) is 17.7 Å². The molecule has 0 heterocycles. The van der Waals surface area contributed by atoms with Gasteiger partial charge in [0, 0.05) is 12.1 Å². The summed E-state index contributed by atoms with van der Waals surface area (Å²) in [6.45, 7) is 2.67. The third-order valence-corrected chi connectivity index (χ3v) is 5.93. The zero-order valence-electron chi connectivity index (χ0n) is 12.3. The van der Waals surface area contributed by atoms with Gasteiger partial charge in [-0.3, -0.25) is 0 Å². The predicted molar refractivity (Wildman–Crippen MR) is 89.5 cm³/mol. The normalized spacial score (nSPS) is 17.2. The average Bonchev–Trinajstić information content (AvgIpc) is 2.37. The van der Waals surface area contributed by atoms with E-state index in [1.807, 2.05) is 0 Å². The first kappa shape index (κ1) is 16.4. The third-order valence-electron chi connectivity index (χ3n) is 4.40. The number of benzene rings is 1. The van der Waals surface area contributed by atoms with Gasteiger partial charge >= 0.3 is 0 Å². The zero-order chi connectivity index (χ0) is 15.5. The summed E-state index contributed by atoms with van der Waals surface area (Å²) in [6, 6.07) is 7.07. The topological polar surface area (TPSA) is 72.2 Å². The molecule has 1 aliphatic rings. The number of hydrogen-bond donors (Lipinski definition) is 2. The minimum atomic E-state index is -3.33. The van der Waals surface area contributed by atoms with Gasteiger partial charge in [-0.2, -0.15) is 0 Å². The Morgan fingerprint density at radius 1 is 1.43 bits per heavy atom. The second-order valence-electron chi connectivity index (χ2n) is 5.85. The summed E-state index contributed by atoms with van der Waals surface area (Å²) in [5.41, 5.74) is 7.14. The molecule has 116 valence electrons. The van der Waals surface area contributed by atoms with E-state index >= 15 is 0 Å². The number of thiocarbonyl (C=S) groups is 1. The van der Waals surface area contributed by atoms with Crippen LogP contribution in [0.1, 0.15) is 43.7 Å². The quantitative estimate of drug-likeness (QED) is 0.754. The summed E-state index contributed by atoms with van der Waals surface area (Å²) in [7, 11) is -3.33. The highest BCUT2D eigenvalue weighted by Gasteiger charge is 2.35. The molecule has 0 aromatic heterocycles. The molecule has 4 nitrogen and oxygen atoms in total. The van der Waals surface area contributed by atoms with Crippen molar-refractivity contribution in [3.8, 4) is 0 Å². The van der Waals surface area contributed by atoms with Gasteiger partial charge in [0.2, 0.25) is 10.0 Å². The van der Waals surface area contributed by atoms with Crippen molar-refractivity contribution in [3.05, 3.63) is 35.4 Å². The fourth-order valence-electron chi connectivity index (χ4n) is 2.68. The molecule has 1 saturated carbocycles. The second-order valence-corrected chi connectivity index (χ2v) is 8.10. The van der Waals surface area contributed by atoms with Gasteiger partial charge in [-0.25, -0.2) is 13.1 Å². The molecule has 0 aliphatic heterocycles. The number of rotatable bonds is 7. The Labute approximate surface area is 132 Å². The fraction of sp³-hybridized carbons (Fsp3) is 0.533. The lowest BCUT2D eigenvalue weighted by Gasteiger charge is -2.41. The number of hydrogen-bond acceptors (Lipinski definition) is 3. The highest BCUT2D eigenvalue weighted by Crippen LogP contribution is 2.43. The molecule has 1 fully saturated rings. The maximum atomic E-state index is 12.2. The molecular weight excluding hydrogens is 304 g/mol. The summed E-state index contributed by atoms with van der Waals surface area (Å²) in [6.07, 6.45) is 4.45.